The highest BCUT2D eigenvalue weighted by Gasteiger charge is 2.35. The van der Waals surface area contributed by atoms with Gasteiger partial charge in [-0.15, -0.1) is 0 Å². The summed E-state index contributed by atoms with van der Waals surface area (Å²) < 4.78 is 20.7. The van der Waals surface area contributed by atoms with Crippen molar-refractivity contribution in [1.82, 2.24) is 14.9 Å². The highest BCUT2D eigenvalue weighted by molar-refractivity contribution is 6.03. The smallest absolute Gasteiger partial charge is 0.237 e. The molecule has 2 saturated heterocycles. The van der Waals surface area contributed by atoms with Gasteiger partial charge in [0, 0.05) is 124 Å². The summed E-state index contributed by atoms with van der Waals surface area (Å²) in [6.07, 6.45) is 7.90. The molecule has 2 N–H and O–H groups in total. The molecule has 8 rings (SSSR count). The maximum absolute atomic E-state index is 14.9. The van der Waals surface area contributed by atoms with Gasteiger partial charge in [0.05, 0.1) is 17.6 Å². The number of carbonyl (C=O) groups is 4. The van der Waals surface area contributed by atoms with Crippen LogP contribution in [0.25, 0.3) is 0 Å². The van der Waals surface area contributed by atoms with Gasteiger partial charge in [-0.2, -0.15) is 0 Å². The first-order valence-electron chi connectivity index (χ1n) is 23.9. The number of aldehydes is 1. The summed E-state index contributed by atoms with van der Waals surface area (Å²) in [4.78, 5) is 64.6. The standard InChI is InChI=1S/C39H43FN8O3.C11H20O2.C2H6/c1-3-36(50)32-18-33(40)34(16-28(32)24-49)48-22-31(23-48)46-13-11-45(12-14-46)30-6-4-29(5-7-30)44-37-17-27-21-47(10-8-26(27)19-42-37)35-20-43-39-38(25(35)2)41-9-15-51-39;1-5-8(2)11(13)7-6-9(3)10(4)12;1-2/h4-7,16-20,24,31,41H,3,8-15,21-23H2,1-2H3,(H,42,44);8-9H,5-7H2,1-4H3;1-2H3. The number of halogens is 1. The maximum atomic E-state index is 14.9. The summed E-state index contributed by atoms with van der Waals surface area (Å²) in [6, 6.07) is 13.8. The summed E-state index contributed by atoms with van der Waals surface area (Å²) in [5.41, 5.74) is 8.83. The van der Waals surface area contributed by atoms with E-state index in [0.29, 0.717) is 56.4 Å². The first-order valence-corrected chi connectivity index (χ1v) is 23.9. The van der Waals surface area contributed by atoms with Crippen LogP contribution in [0.3, 0.4) is 0 Å². The Morgan fingerprint density at radius 3 is 2.30 bits per heavy atom. The number of piperazine rings is 1. The molecule has 4 aliphatic rings. The summed E-state index contributed by atoms with van der Waals surface area (Å²) >= 11 is 0. The summed E-state index contributed by atoms with van der Waals surface area (Å²) in [5.74, 6) is 1.49. The van der Waals surface area contributed by atoms with E-state index in [-0.39, 0.29) is 46.7 Å². The molecule has 0 radical (unpaired) electrons. The van der Waals surface area contributed by atoms with Gasteiger partial charge in [0.25, 0.3) is 0 Å². The van der Waals surface area contributed by atoms with Crippen LogP contribution in [0.1, 0.15) is 112 Å². The molecule has 13 nitrogen and oxygen atoms in total. The van der Waals surface area contributed by atoms with Gasteiger partial charge in [0.1, 0.15) is 35.5 Å². The zero-order valence-corrected chi connectivity index (χ0v) is 40.2. The van der Waals surface area contributed by atoms with E-state index in [4.69, 9.17) is 9.72 Å². The molecule has 2 atom stereocenters. The quantitative estimate of drug-likeness (QED) is 0.0867. The number of nitrogens with zero attached hydrogens (tertiary/aromatic N) is 6. The van der Waals surface area contributed by atoms with Crippen molar-refractivity contribution in [2.75, 3.05) is 84.3 Å². The Morgan fingerprint density at radius 1 is 0.909 bits per heavy atom. The molecule has 0 aliphatic carbocycles. The molecular formula is C52H69FN8O5. The predicted molar refractivity (Wildman–Crippen MR) is 263 cm³/mol. The van der Waals surface area contributed by atoms with Gasteiger partial charge in [-0.3, -0.25) is 24.1 Å². The summed E-state index contributed by atoms with van der Waals surface area (Å²) in [5, 5.41) is 6.96. The van der Waals surface area contributed by atoms with E-state index in [1.165, 1.54) is 34.5 Å². The van der Waals surface area contributed by atoms with Crippen LogP contribution in [0.4, 0.5) is 38.6 Å². The molecular weight excluding hydrogens is 836 g/mol. The second kappa shape index (κ2) is 23.0. The number of nitrogens with one attached hydrogen (secondary N) is 2. The molecule has 4 aromatic rings. The van der Waals surface area contributed by atoms with Crippen LogP contribution in [-0.4, -0.2) is 104 Å². The van der Waals surface area contributed by atoms with Crippen LogP contribution in [-0.2, 0) is 22.6 Å². The van der Waals surface area contributed by atoms with Crippen molar-refractivity contribution < 1.29 is 28.3 Å². The van der Waals surface area contributed by atoms with E-state index < -0.39 is 5.82 Å². The largest absolute Gasteiger partial charge is 0.474 e. The SMILES string of the molecule is CC.CCC(=O)c1cc(F)c(N2CC(N3CCN(c4ccc(Nc5cc6c(cn5)CCN(c5cnc7c(c5C)NCCO7)C6)cc4)CC3)C2)cc1C=O.CCC(C)C(=O)CCC(C)C(C)=O. The third kappa shape index (κ3) is 11.7. The predicted octanol–water partition coefficient (Wildman–Crippen LogP) is 9.08. The maximum Gasteiger partial charge on any atom is 0.237 e. The van der Waals surface area contributed by atoms with Crippen LogP contribution >= 0.6 is 0 Å². The number of ether oxygens (including phenoxy) is 1. The average Bonchev–Trinajstić information content (AvgIpc) is 3.33. The van der Waals surface area contributed by atoms with Crippen molar-refractivity contribution in [1.29, 1.82) is 0 Å². The van der Waals surface area contributed by atoms with Crippen LogP contribution in [0.5, 0.6) is 5.88 Å². The van der Waals surface area contributed by atoms with Crippen molar-refractivity contribution in [3.63, 3.8) is 0 Å². The molecule has 2 aromatic heterocycles. The number of rotatable bonds is 15. The lowest BCUT2D eigenvalue weighted by molar-refractivity contribution is -0.123. The number of pyridine rings is 2. The van der Waals surface area contributed by atoms with E-state index in [2.05, 4.69) is 67.6 Å². The zero-order chi connectivity index (χ0) is 47.5. The molecule has 66 heavy (non-hydrogen) atoms. The third-order valence-corrected chi connectivity index (χ3v) is 13.4. The number of anilines is 6. The number of fused-ring (bicyclic) bond motifs is 2. The Hall–Kier alpha value is -5.89. The minimum atomic E-state index is -0.449. The highest BCUT2D eigenvalue weighted by atomic mass is 19.1. The first-order chi connectivity index (χ1) is 31.9. The molecule has 2 fully saturated rings. The van der Waals surface area contributed by atoms with Gasteiger partial charge in [-0.05, 0) is 86.7 Å². The van der Waals surface area contributed by atoms with E-state index in [1.807, 2.05) is 51.9 Å². The summed E-state index contributed by atoms with van der Waals surface area (Å²) in [6.45, 7) is 23.5. The van der Waals surface area contributed by atoms with Crippen LogP contribution in [0.15, 0.2) is 54.9 Å². The molecule has 2 unspecified atom stereocenters. The number of hydrogen-bond donors (Lipinski definition) is 2. The average molecular weight is 905 g/mol. The third-order valence-electron chi connectivity index (χ3n) is 13.4. The number of ketones is 3. The molecule has 354 valence electrons. The van der Waals surface area contributed by atoms with E-state index in [9.17, 15) is 23.6 Å². The Bertz CT molecular complexity index is 2330. The van der Waals surface area contributed by atoms with Gasteiger partial charge in [-0.25, -0.2) is 14.4 Å². The van der Waals surface area contributed by atoms with Gasteiger partial charge in [0.2, 0.25) is 5.88 Å². The molecule has 0 saturated carbocycles. The van der Waals surface area contributed by atoms with Crippen molar-refractivity contribution in [3.8, 4) is 5.88 Å². The molecule has 0 bridgehead atoms. The topological polar surface area (TPSA) is 140 Å². The number of aromatic nitrogens is 2. The monoisotopic (exact) mass is 905 g/mol. The fourth-order valence-electron chi connectivity index (χ4n) is 8.76. The summed E-state index contributed by atoms with van der Waals surface area (Å²) in [7, 11) is 0. The molecule has 2 aromatic carbocycles. The molecule has 6 heterocycles. The molecule has 0 amide bonds. The molecule has 4 aliphatic heterocycles. The lowest BCUT2D eigenvalue weighted by atomic mass is 9.94. The second-order valence-electron chi connectivity index (χ2n) is 17.6. The lowest BCUT2D eigenvalue weighted by Crippen LogP contribution is -2.63. The number of carbonyl (C=O) groups excluding carboxylic acids is 4. The second-order valence-corrected chi connectivity index (χ2v) is 17.6. The first kappa shape index (κ1) is 49.5. The lowest BCUT2D eigenvalue weighted by Gasteiger charge is -2.49. The number of Topliss-reactive ketones (excluding diaryl/α,β-unsaturated/α-hetero) is 3. The van der Waals surface area contributed by atoms with Crippen molar-refractivity contribution >= 4 is 57.9 Å². The fraction of sp³-hybridized carbons (Fsp3) is 0.500. The number of benzene rings is 2. The van der Waals surface area contributed by atoms with E-state index >= 15 is 0 Å². The van der Waals surface area contributed by atoms with Gasteiger partial charge < -0.3 is 30.1 Å². The Kier molecular flexibility index (Phi) is 17.3. The molecule has 14 heteroatoms. The Balaban J connectivity index is 0.000000417. The minimum absolute atomic E-state index is 0.0352. The van der Waals surface area contributed by atoms with Gasteiger partial charge in [-0.1, -0.05) is 41.5 Å². The normalized spacial score (nSPS) is 16.6. The van der Waals surface area contributed by atoms with Crippen molar-refractivity contribution in [2.45, 2.75) is 100 Å². The van der Waals surface area contributed by atoms with Crippen LogP contribution < -0.4 is 30.1 Å². The van der Waals surface area contributed by atoms with Gasteiger partial charge in [0.15, 0.2) is 12.1 Å². The van der Waals surface area contributed by atoms with E-state index in [1.54, 1.807) is 13.8 Å². The van der Waals surface area contributed by atoms with Crippen molar-refractivity contribution in [2.24, 2.45) is 11.8 Å². The van der Waals surface area contributed by atoms with Crippen molar-refractivity contribution in [3.05, 3.63) is 88.5 Å². The van der Waals surface area contributed by atoms with Crippen LogP contribution in [0, 0.1) is 24.6 Å². The Labute approximate surface area is 390 Å². The zero-order valence-electron chi connectivity index (χ0n) is 40.2. The molecule has 0 spiro atoms. The highest BCUT2D eigenvalue weighted by Crippen LogP contribution is 2.37. The minimum Gasteiger partial charge on any atom is -0.474 e. The number of hydrogen-bond acceptors (Lipinski definition) is 13. The Morgan fingerprint density at radius 2 is 1.64 bits per heavy atom. The van der Waals surface area contributed by atoms with Gasteiger partial charge >= 0.3 is 0 Å². The fourth-order valence-corrected chi connectivity index (χ4v) is 8.76. The van der Waals surface area contributed by atoms with E-state index in [0.717, 1.165) is 81.5 Å². The van der Waals surface area contributed by atoms with Crippen LogP contribution in [0.2, 0.25) is 0 Å².